The molecule has 0 saturated carbocycles. The summed E-state index contributed by atoms with van der Waals surface area (Å²) < 4.78 is 8.56. The van der Waals surface area contributed by atoms with E-state index >= 15 is 0 Å². The fraction of sp³-hybridized carbons (Fsp3) is 0. The average molecular weight is 562 g/mol. The zero-order chi connectivity index (χ0) is 29.0. The van der Waals surface area contributed by atoms with Gasteiger partial charge in [-0.2, -0.15) is 0 Å². The number of para-hydroxylation sites is 3. The molecule has 2 heteroatoms. The van der Waals surface area contributed by atoms with Crippen LogP contribution in [0, 0.1) is 0 Å². The third kappa shape index (κ3) is 3.82. The van der Waals surface area contributed by atoms with E-state index in [0.29, 0.717) is 0 Å². The third-order valence-corrected chi connectivity index (χ3v) is 8.83. The first-order chi connectivity index (χ1) is 21.8. The first-order valence-electron chi connectivity index (χ1n) is 15.0. The highest BCUT2D eigenvalue weighted by Gasteiger charge is 2.13. The van der Waals surface area contributed by atoms with Crippen LogP contribution < -0.4 is 0 Å². The van der Waals surface area contributed by atoms with Crippen LogP contribution in [0.25, 0.3) is 82.1 Å². The predicted octanol–water partition coefficient (Wildman–Crippen LogP) is 11.8. The number of hydrogen-bond acceptors (Lipinski definition) is 1. The lowest BCUT2D eigenvalue weighted by Crippen LogP contribution is -1.97. The summed E-state index contributed by atoms with van der Waals surface area (Å²) in [5, 5.41) is 9.55. The molecule has 206 valence electrons. The Morgan fingerprint density at radius 2 is 0.795 bits per heavy atom. The molecule has 0 saturated heterocycles. The molecule has 9 aromatic rings. The number of furan rings is 1. The summed E-state index contributed by atoms with van der Waals surface area (Å²) >= 11 is 0. The lowest BCUT2D eigenvalue weighted by atomic mass is 9.98. The first kappa shape index (κ1) is 24.7. The van der Waals surface area contributed by atoms with Crippen LogP contribution in [0.4, 0.5) is 0 Å². The molecule has 0 unspecified atom stereocenters. The van der Waals surface area contributed by atoms with Gasteiger partial charge in [0.25, 0.3) is 0 Å². The Kier molecular flexibility index (Phi) is 5.54. The van der Waals surface area contributed by atoms with Crippen molar-refractivity contribution in [2.75, 3.05) is 0 Å². The Balaban J connectivity index is 1.49. The standard InChI is InChI=1S/C42H27NO/c1-2-12-30(13-3-1)43-39-20-10-8-18-35(39)33-16-6-4-14-31(33)32-15-5-7-17-34(32)37-26-28(22-24-40(37)43)29-23-25-42-38(27-29)36-19-9-11-21-41(36)44-42/h1-27H. The summed E-state index contributed by atoms with van der Waals surface area (Å²) in [5.41, 5.74) is 7.57. The van der Waals surface area contributed by atoms with Crippen LogP contribution in [0.3, 0.4) is 0 Å². The molecule has 44 heavy (non-hydrogen) atoms. The average Bonchev–Trinajstić information content (AvgIpc) is 3.48. The maximum absolute atomic E-state index is 6.15. The summed E-state index contributed by atoms with van der Waals surface area (Å²) in [6.07, 6.45) is 0. The van der Waals surface area contributed by atoms with E-state index in [9.17, 15) is 0 Å². The molecule has 0 radical (unpaired) electrons. The zero-order valence-corrected chi connectivity index (χ0v) is 23.9. The molecule has 0 fully saturated rings. The number of benzene rings is 7. The van der Waals surface area contributed by atoms with Gasteiger partial charge in [-0.15, -0.1) is 0 Å². The Hall–Kier alpha value is -5.86. The molecular formula is C42H27NO. The van der Waals surface area contributed by atoms with E-state index in [4.69, 9.17) is 4.42 Å². The molecule has 0 aliphatic heterocycles. The molecule has 0 amide bonds. The first-order valence-corrected chi connectivity index (χ1v) is 15.0. The second-order valence-electron chi connectivity index (χ2n) is 11.3. The number of hydrogen-bond donors (Lipinski definition) is 0. The van der Waals surface area contributed by atoms with Crippen molar-refractivity contribution in [3.8, 4) is 16.8 Å². The molecule has 2 nitrogen and oxygen atoms in total. The third-order valence-electron chi connectivity index (χ3n) is 8.83. The predicted molar refractivity (Wildman–Crippen MR) is 186 cm³/mol. The topological polar surface area (TPSA) is 18.1 Å². The highest BCUT2D eigenvalue weighted by Crippen LogP contribution is 2.37. The molecule has 2 heterocycles. The van der Waals surface area contributed by atoms with Crippen molar-refractivity contribution in [1.82, 2.24) is 4.57 Å². The normalized spacial score (nSPS) is 11.6. The summed E-state index contributed by atoms with van der Waals surface area (Å²) in [6.45, 7) is 0. The van der Waals surface area contributed by atoms with Gasteiger partial charge in [-0.05, 0) is 81.2 Å². The van der Waals surface area contributed by atoms with Gasteiger partial charge in [0.05, 0.1) is 11.0 Å². The van der Waals surface area contributed by atoms with Crippen LogP contribution in [0.5, 0.6) is 0 Å². The van der Waals surface area contributed by atoms with Gasteiger partial charge in [-0.25, -0.2) is 0 Å². The van der Waals surface area contributed by atoms with Gasteiger partial charge in [-0.1, -0.05) is 115 Å². The molecule has 0 atom stereocenters. The summed E-state index contributed by atoms with van der Waals surface area (Å²) in [5.74, 6) is 0. The maximum atomic E-state index is 6.15. The van der Waals surface area contributed by atoms with Crippen molar-refractivity contribution in [2.24, 2.45) is 0 Å². The second kappa shape index (κ2) is 9.86. The van der Waals surface area contributed by atoms with Gasteiger partial charge in [0, 0.05) is 27.2 Å². The van der Waals surface area contributed by atoms with E-state index in [1.807, 2.05) is 12.1 Å². The Morgan fingerprint density at radius 1 is 0.318 bits per heavy atom. The van der Waals surface area contributed by atoms with Gasteiger partial charge >= 0.3 is 0 Å². The van der Waals surface area contributed by atoms with Crippen molar-refractivity contribution in [3.63, 3.8) is 0 Å². The van der Waals surface area contributed by atoms with E-state index in [2.05, 4.69) is 156 Å². The van der Waals surface area contributed by atoms with E-state index < -0.39 is 0 Å². The monoisotopic (exact) mass is 561 g/mol. The van der Waals surface area contributed by atoms with Gasteiger partial charge in [0.1, 0.15) is 11.2 Å². The summed E-state index contributed by atoms with van der Waals surface area (Å²) in [7, 11) is 0. The minimum Gasteiger partial charge on any atom is -0.456 e. The highest BCUT2D eigenvalue weighted by atomic mass is 16.3. The van der Waals surface area contributed by atoms with Crippen molar-refractivity contribution in [1.29, 1.82) is 0 Å². The van der Waals surface area contributed by atoms with Crippen LogP contribution in [-0.4, -0.2) is 4.57 Å². The van der Waals surface area contributed by atoms with Crippen LogP contribution in [0.2, 0.25) is 0 Å². The smallest absolute Gasteiger partial charge is 0.135 e. The van der Waals surface area contributed by atoms with Crippen molar-refractivity contribution < 1.29 is 4.42 Å². The highest BCUT2D eigenvalue weighted by molar-refractivity contribution is 6.20. The quantitative estimate of drug-likeness (QED) is 0.205. The number of rotatable bonds is 2. The van der Waals surface area contributed by atoms with E-state index in [-0.39, 0.29) is 0 Å². The fourth-order valence-corrected chi connectivity index (χ4v) is 6.82. The SMILES string of the molecule is c1ccc(-n2c3ccccc3c3ccccc3c3ccccc3c3cc(-c4ccc5oc6ccccc6c5c4)ccc32)cc1. The summed E-state index contributed by atoms with van der Waals surface area (Å²) in [4.78, 5) is 0. The van der Waals surface area contributed by atoms with Crippen LogP contribution in [0.15, 0.2) is 168 Å². The van der Waals surface area contributed by atoms with Crippen LogP contribution in [0.1, 0.15) is 0 Å². The largest absolute Gasteiger partial charge is 0.456 e. The van der Waals surface area contributed by atoms with Gasteiger partial charge in [0.2, 0.25) is 0 Å². The molecular weight excluding hydrogens is 534 g/mol. The number of aromatic nitrogens is 1. The Labute approximate surface area is 254 Å². The minimum atomic E-state index is 0.909. The van der Waals surface area contributed by atoms with E-state index in [1.54, 1.807) is 0 Å². The molecule has 0 aliphatic rings. The molecule has 9 rings (SSSR count). The fourth-order valence-electron chi connectivity index (χ4n) is 6.82. The molecule has 0 bridgehead atoms. The number of nitrogens with zero attached hydrogens (tertiary/aromatic N) is 1. The van der Waals surface area contributed by atoms with Crippen LogP contribution in [-0.2, 0) is 0 Å². The van der Waals surface area contributed by atoms with Crippen molar-refractivity contribution in [2.45, 2.75) is 0 Å². The lowest BCUT2D eigenvalue weighted by Gasteiger charge is -2.14. The molecule has 0 spiro atoms. The summed E-state index contributed by atoms with van der Waals surface area (Å²) in [6, 6.07) is 58.8. The van der Waals surface area contributed by atoms with Crippen LogP contribution >= 0.6 is 0 Å². The Morgan fingerprint density at radius 3 is 1.52 bits per heavy atom. The van der Waals surface area contributed by atoms with E-state index in [1.165, 1.54) is 37.9 Å². The van der Waals surface area contributed by atoms with Crippen molar-refractivity contribution in [3.05, 3.63) is 164 Å². The Bertz CT molecular complexity index is 2600. The van der Waals surface area contributed by atoms with Gasteiger partial charge < -0.3 is 8.98 Å². The zero-order valence-electron chi connectivity index (χ0n) is 23.9. The van der Waals surface area contributed by atoms with Gasteiger partial charge in [-0.3, -0.25) is 0 Å². The molecule has 2 aromatic heterocycles. The number of fused-ring (bicyclic) bond motifs is 10. The van der Waals surface area contributed by atoms with E-state index in [0.717, 1.165) is 44.2 Å². The van der Waals surface area contributed by atoms with Crippen molar-refractivity contribution >= 4 is 65.3 Å². The second-order valence-corrected chi connectivity index (χ2v) is 11.3. The molecule has 0 aliphatic carbocycles. The minimum absolute atomic E-state index is 0.909. The maximum Gasteiger partial charge on any atom is 0.135 e. The van der Waals surface area contributed by atoms with Gasteiger partial charge in [0.15, 0.2) is 0 Å². The molecule has 7 aromatic carbocycles. The lowest BCUT2D eigenvalue weighted by molar-refractivity contribution is 0.669. The molecule has 0 N–H and O–H groups in total.